The highest BCUT2D eigenvalue weighted by Crippen LogP contribution is 3.06. The summed E-state index contributed by atoms with van der Waals surface area (Å²) < 4.78 is 66.2. The molecule has 6 bridgehead atoms. The van der Waals surface area contributed by atoms with E-state index >= 15 is 0 Å². The van der Waals surface area contributed by atoms with Gasteiger partial charge in [-0.3, -0.25) is 0 Å². The molecule has 0 aromatic rings. The maximum atomic E-state index is 7.74. The molecule has 0 heterocycles. The van der Waals surface area contributed by atoms with E-state index < -0.39 is 61.9 Å². The van der Waals surface area contributed by atoms with Crippen LogP contribution in [0.5, 0.6) is 0 Å². The Morgan fingerprint density at radius 1 is 0.416 bits per heavy atom. The van der Waals surface area contributed by atoms with Gasteiger partial charge in [0, 0.05) is 59.5 Å². The molecule has 456 valence electrons. The molecule has 0 spiro atoms. The standard InChI is InChI=1S/C53H106O9S12Si3/c1-13-48-34-30-45(38-48)41-51(48,75(54-16-4,55-17-5)56-18-6)72(37-33-44-28-26-25-27-29-44,71-74(66,68-64)53(43-47-32-36-50(53,15-3)40-47)77(60-22-10,61-23-11)62-24-12)69-70-73(65,67-63)52(42-46-31-35-49(52,14-2)39-46)76(57-19-7,58-20-8)59-21-9/h44-47,63-66H,13-43H2,1-12H3. The molecular weight excluding hydrogens is 1250 g/mol. The zero-order valence-corrected chi connectivity index (χ0v) is 62.6. The average molecular weight is 1360 g/mol. The van der Waals surface area contributed by atoms with Crippen molar-refractivity contribution in [3.05, 3.63) is 0 Å². The summed E-state index contributed by atoms with van der Waals surface area (Å²) in [6.45, 7) is 31.5. The zero-order chi connectivity index (χ0) is 56.1. The highest BCUT2D eigenvalue weighted by molar-refractivity contribution is 9.73. The zero-order valence-electron chi connectivity index (χ0n) is 49.5. The van der Waals surface area contributed by atoms with Crippen LogP contribution in [0.2, 0.25) is 0 Å². The van der Waals surface area contributed by atoms with Crippen molar-refractivity contribution in [3.8, 4) is 0 Å². The third-order valence-electron chi connectivity index (χ3n) is 20.5. The second-order valence-corrected chi connectivity index (χ2v) is 65.3. The molecule has 0 radical (unpaired) electrons. The van der Waals surface area contributed by atoms with E-state index in [9.17, 15) is 0 Å². The van der Waals surface area contributed by atoms with Gasteiger partial charge in [0.2, 0.25) is 0 Å². The molecular formula is C53H106O9S12Si3. The van der Waals surface area contributed by atoms with Crippen LogP contribution in [0.15, 0.2) is 0 Å². The molecule has 9 nitrogen and oxygen atoms in total. The minimum Gasteiger partial charge on any atom is -0.373 e. The van der Waals surface area contributed by atoms with Crippen molar-refractivity contribution in [2.45, 2.75) is 231 Å². The van der Waals surface area contributed by atoms with Crippen molar-refractivity contribution in [2.24, 2.45) is 39.9 Å². The molecule has 7 aliphatic carbocycles. The van der Waals surface area contributed by atoms with Crippen molar-refractivity contribution in [1.29, 1.82) is 0 Å². The highest BCUT2D eigenvalue weighted by Gasteiger charge is 2.86. The molecule has 0 amide bonds. The van der Waals surface area contributed by atoms with Gasteiger partial charge in [0.1, 0.15) is 8.74 Å². The minimum absolute atomic E-state index is 0.0793. The smallest absolute Gasteiger partial charge is 0.373 e. The molecule has 77 heavy (non-hydrogen) atoms. The second kappa shape index (κ2) is 28.5. The number of hydrogen-bond donors (Lipinski definition) is 4. The first-order chi connectivity index (χ1) is 36.9. The van der Waals surface area contributed by atoms with Crippen LogP contribution in [0.3, 0.4) is 0 Å². The van der Waals surface area contributed by atoms with Crippen molar-refractivity contribution in [3.63, 3.8) is 0 Å². The van der Waals surface area contributed by atoms with Gasteiger partial charge in [0.25, 0.3) is 0 Å². The predicted octanol–water partition coefficient (Wildman–Crippen LogP) is 19.6. The first-order valence-corrected chi connectivity index (χ1v) is 52.5. The highest BCUT2D eigenvalue weighted by atomic mass is 34.1. The van der Waals surface area contributed by atoms with E-state index in [0.717, 1.165) is 82.8 Å². The Morgan fingerprint density at radius 3 is 1.06 bits per heavy atom. The van der Waals surface area contributed by atoms with E-state index in [-0.39, 0.29) is 16.2 Å². The maximum absolute atomic E-state index is 7.74. The normalized spacial score (nSPS) is 37.0. The van der Waals surface area contributed by atoms with Gasteiger partial charge < -0.3 is 39.8 Å². The lowest BCUT2D eigenvalue weighted by Crippen LogP contribution is -2.72. The van der Waals surface area contributed by atoms with Gasteiger partial charge in [-0.1, -0.05) is 90.4 Å². The Kier molecular flexibility index (Phi) is 25.6. The Bertz CT molecular complexity index is 1850. The summed E-state index contributed by atoms with van der Waals surface area (Å²) in [4.78, 5) is 0. The van der Waals surface area contributed by atoms with Gasteiger partial charge in [-0.25, -0.2) is 0 Å². The molecule has 0 aromatic carbocycles. The lowest BCUT2D eigenvalue weighted by molar-refractivity contribution is 0.0342. The Labute approximate surface area is 515 Å². The summed E-state index contributed by atoms with van der Waals surface area (Å²) in [6.07, 6.45) is 24.2. The van der Waals surface area contributed by atoms with E-state index in [1.165, 1.54) is 57.8 Å². The molecule has 7 aliphatic rings. The molecule has 7 saturated carbocycles. The lowest BCUT2D eigenvalue weighted by atomic mass is 9.80. The van der Waals surface area contributed by atoms with Crippen molar-refractivity contribution < 1.29 is 39.8 Å². The van der Waals surface area contributed by atoms with Crippen LogP contribution in [0, 0.1) is 39.9 Å². The molecule has 0 saturated heterocycles. The molecule has 12 atom stereocenters. The SMILES string of the molecule is CCO[Si](OCC)(OCC)C1(S(S)(SS)SSS(CCC2CCCCC2)(SS(S)(SS)C2([Si](OCC)(OCC)OCC)CC3CCC2(CC)C3)C2([Si](OCC)(OCC)OCC)CC3CCC2(CC)C3)CC2CCC1(CC)C2. The maximum Gasteiger partial charge on any atom is 0.519 e. The fourth-order valence-corrected chi connectivity index (χ4v) is 106. The van der Waals surface area contributed by atoms with Gasteiger partial charge >= 0.3 is 26.4 Å². The van der Waals surface area contributed by atoms with Gasteiger partial charge in [-0.15, -0.1) is 31.4 Å². The number of rotatable bonds is 37. The van der Waals surface area contributed by atoms with E-state index in [2.05, 4.69) is 113 Å². The van der Waals surface area contributed by atoms with Crippen LogP contribution in [-0.2, 0) is 39.8 Å². The third-order valence-corrected chi connectivity index (χ3v) is 88.1. The quantitative estimate of drug-likeness (QED) is 0.0271. The van der Waals surface area contributed by atoms with Crippen LogP contribution in [0.1, 0.15) is 218 Å². The predicted molar refractivity (Wildman–Crippen MR) is 367 cm³/mol. The fourth-order valence-electron chi connectivity index (χ4n) is 17.9. The van der Waals surface area contributed by atoms with Crippen LogP contribution in [0.25, 0.3) is 0 Å². The summed E-state index contributed by atoms with van der Waals surface area (Å²) in [7, 11) is -7.63. The van der Waals surface area contributed by atoms with E-state index in [0.29, 0.717) is 83.1 Å². The second-order valence-electron chi connectivity index (χ2n) is 23.3. The van der Waals surface area contributed by atoms with Crippen molar-refractivity contribution >= 4 is 145 Å². The molecule has 0 aromatic heterocycles. The Balaban J connectivity index is 1.63. The van der Waals surface area contributed by atoms with Crippen LogP contribution in [0.4, 0.5) is 0 Å². The first kappa shape index (κ1) is 69.0. The van der Waals surface area contributed by atoms with Gasteiger partial charge in [0.05, 0.1) is 4.37 Å². The Hall–Kier alpha value is 4.49. The van der Waals surface area contributed by atoms with Crippen LogP contribution >= 0.6 is 118 Å². The third kappa shape index (κ3) is 11.1. The van der Waals surface area contributed by atoms with Gasteiger partial charge in [-0.2, -0.15) is 0 Å². The van der Waals surface area contributed by atoms with E-state index in [4.69, 9.17) is 86.5 Å². The van der Waals surface area contributed by atoms with Crippen molar-refractivity contribution in [2.75, 3.05) is 65.2 Å². The molecule has 24 heteroatoms. The van der Waals surface area contributed by atoms with E-state index in [1.54, 1.807) is 19.7 Å². The lowest BCUT2D eigenvalue weighted by Gasteiger charge is -2.69. The van der Waals surface area contributed by atoms with E-state index in [1.807, 2.05) is 0 Å². The van der Waals surface area contributed by atoms with Crippen molar-refractivity contribution in [1.82, 2.24) is 0 Å². The van der Waals surface area contributed by atoms with Gasteiger partial charge in [-0.05, 0) is 260 Å². The summed E-state index contributed by atoms with van der Waals surface area (Å²) >= 11 is 24.4. The summed E-state index contributed by atoms with van der Waals surface area (Å²) in [5.41, 5.74) is -0.284. The minimum atomic E-state index is -3.72. The molecule has 0 aliphatic heterocycles. The number of fused-ring (bicyclic) bond motifs is 6. The fraction of sp³-hybridized carbons (Fsp3) is 1.00. The van der Waals surface area contributed by atoms with Crippen LogP contribution in [-0.4, -0.2) is 105 Å². The molecule has 12 unspecified atom stereocenters. The Morgan fingerprint density at radius 2 is 0.740 bits per heavy atom. The van der Waals surface area contributed by atoms with Crippen LogP contribution < -0.4 is 0 Å². The summed E-state index contributed by atoms with van der Waals surface area (Å²) in [5.74, 6) is 3.28. The summed E-state index contributed by atoms with van der Waals surface area (Å²) in [6, 6.07) is 0. The number of hydrogen-bond acceptors (Lipinski definition) is 18. The first-order valence-electron chi connectivity index (χ1n) is 30.4. The average Bonchev–Trinajstić information content (AvgIpc) is 4.36. The topological polar surface area (TPSA) is 83.1 Å². The monoisotopic (exact) mass is 1350 g/mol. The molecule has 7 fully saturated rings. The molecule has 7 rings (SSSR count). The largest absolute Gasteiger partial charge is 0.519 e. The van der Waals surface area contributed by atoms with Gasteiger partial charge in [0.15, 0.2) is 0 Å². The molecule has 0 N–H and O–H groups in total. The number of thiol groups is 4. The summed E-state index contributed by atoms with van der Waals surface area (Å²) in [5, 5.41) is 0.